The van der Waals surface area contributed by atoms with Gasteiger partial charge in [0.15, 0.2) is 11.6 Å². The molecule has 0 spiro atoms. The minimum absolute atomic E-state index is 0.200. The predicted octanol–water partition coefficient (Wildman–Crippen LogP) is 9.11. The summed E-state index contributed by atoms with van der Waals surface area (Å²) in [7, 11) is 0. The molecule has 0 saturated heterocycles. The van der Waals surface area contributed by atoms with Crippen LogP contribution in [-0.4, -0.2) is 6.61 Å². The molecule has 0 heterocycles. The van der Waals surface area contributed by atoms with Crippen LogP contribution in [0, 0.1) is 23.4 Å². The van der Waals surface area contributed by atoms with Crippen LogP contribution in [0.15, 0.2) is 60.7 Å². The minimum atomic E-state index is -0.782. The fraction of sp³-hybridized carbons (Fsp3) is 0.355. The zero-order valence-electron chi connectivity index (χ0n) is 20.5. The monoisotopic (exact) mass is 478 g/mol. The quantitative estimate of drug-likeness (QED) is 0.314. The highest BCUT2D eigenvalue weighted by Gasteiger charge is 2.25. The number of hydrogen-bond acceptors (Lipinski definition) is 1. The Morgan fingerprint density at radius 1 is 0.886 bits per heavy atom. The van der Waals surface area contributed by atoms with Crippen molar-refractivity contribution in [2.75, 3.05) is 6.61 Å². The molecule has 4 heteroatoms. The lowest BCUT2D eigenvalue weighted by Gasteiger charge is -2.29. The SMILES string of the molecule is C/C=C/c1ccc(-c2ccc(CCC3CCC(c4ccc(OCC)cc4F)CC3)c(F)c2F)cc1. The van der Waals surface area contributed by atoms with Gasteiger partial charge in [-0.1, -0.05) is 54.6 Å². The Kier molecular flexibility index (Phi) is 8.33. The van der Waals surface area contributed by atoms with Gasteiger partial charge in [0.2, 0.25) is 0 Å². The van der Waals surface area contributed by atoms with Crippen molar-refractivity contribution in [1.82, 2.24) is 0 Å². The average molecular weight is 479 g/mol. The average Bonchev–Trinajstić information content (AvgIpc) is 2.87. The van der Waals surface area contributed by atoms with E-state index in [1.807, 2.05) is 62.4 Å². The van der Waals surface area contributed by atoms with Gasteiger partial charge in [-0.15, -0.1) is 0 Å². The van der Waals surface area contributed by atoms with E-state index < -0.39 is 11.6 Å². The number of ether oxygens (including phenoxy) is 1. The summed E-state index contributed by atoms with van der Waals surface area (Å²) in [5, 5.41) is 0. The first-order chi connectivity index (χ1) is 17.0. The van der Waals surface area contributed by atoms with Gasteiger partial charge >= 0.3 is 0 Å². The van der Waals surface area contributed by atoms with Crippen molar-refractivity contribution in [3.8, 4) is 16.9 Å². The Labute approximate surface area is 206 Å². The van der Waals surface area contributed by atoms with Gasteiger partial charge in [0, 0.05) is 11.6 Å². The summed E-state index contributed by atoms with van der Waals surface area (Å²) in [4.78, 5) is 0. The second-order valence-electron chi connectivity index (χ2n) is 9.39. The fourth-order valence-corrected chi connectivity index (χ4v) is 5.19. The lowest BCUT2D eigenvalue weighted by Crippen LogP contribution is -2.15. The van der Waals surface area contributed by atoms with E-state index in [2.05, 4.69) is 0 Å². The molecule has 0 radical (unpaired) electrons. The molecular weight excluding hydrogens is 445 g/mol. The Morgan fingerprint density at radius 3 is 2.29 bits per heavy atom. The van der Waals surface area contributed by atoms with Crippen LogP contribution in [0.3, 0.4) is 0 Å². The molecule has 1 saturated carbocycles. The molecule has 0 N–H and O–H groups in total. The molecule has 1 fully saturated rings. The molecule has 0 aliphatic heterocycles. The van der Waals surface area contributed by atoms with Crippen molar-refractivity contribution in [1.29, 1.82) is 0 Å². The first-order valence-electron chi connectivity index (χ1n) is 12.6. The van der Waals surface area contributed by atoms with Gasteiger partial charge in [-0.05, 0) is 92.5 Å². The van der Waals surface area contributed by atoms with Crippen LogP contribution >= 0.6 is 0 Å². The van der Waals surface area contributed by atoms with Gasteiger partial charge in [0.25, 0.3) is 0 Å². The molecule has 0 bridgehead atoms. The van der Waals surface area contributed by atoms with E-state index in [4.69, 9.17) is 4.74 Å². The Morgan fingerprint density at radius 2 is 1.63 bits per heavy atom. The van der Waals surface area contributed by atoms with Gasteiger partial charge < -0.3 is 4.74 Å². The summed E-state index contributed by atoms with van der Waals surface area (Å²) in [6.45, 7) is 4.34. The molecule has 0 atom stereocenters. The molecule has 1 aliphatic rings. The summed E-state index contributed by atoms with van der Waals surface area (Å²) < 4.78 is 49.7. The van der Waals surface area contributed by atoms with E-state index >= 15 is 0 Å². The maximum atomic E-state index is 14.9. The summed E-state index contributed by atoms with van der Waals surface area (Å²) >= 11 is 0. The molecule has 0 aromatic heterocycles. The van der Waals surface area contributed by atoms with E-state index in [0.717, 1.165) is 43.2 Å². The zero-order chi connectivity index (χ0) is 24.8. The van der Waals surface area contributed by atoms with E-state index in [-0.39, 0.29) is 17.3 Å². The number of benzene rings is 3. The number of allylic oxidation sites excluding steroid dienone is 1. The first-order valence-corrected chi connectivity index (χ1v) is 12.6. The number of rotatable bonds is 8. The molecule has 0 amide bonds. The van der Waals surface area contributed by atoms with E-state index in [0.29, 0.717) is 35.8 Å². The highest BCUT2D eigenvalue weighted by molar-refractivity contribution is 5.66. The van der Waals surface area contributed by atoms with Crippen LogP contribution in [0.4, 0.5) is 13.2 Å². The van der Waals surface area contributed by atoms with Crippen molar-refractivity contribution in [3.63, 3.8) is 0 Å². The maximum absolute atomic E-state index is 14.9. The molecule has 184 valence electrons. The molecule has 4 rings (SSSR count). The fourth-order valence-electron chi connectivity index (χ4n) is 5.19. The second-order valence-corrected chi connectivity index (χ2v) is 9.39. The smallest absolute Gasteiger partial charge is 0.166 e. The normalized spacial score (nSPS) is 18.2. The lowest BCUT2D eigenvalue weighted by atomic mass is 9.76. The van der Waals surface area contributed by atoms with Crippen molar-refractivity contribution in [2.24, 2.45) is 5.92 Å². The van der Waals surface area contributed by atoms with Crippen LogP contribution in [0.25, 0.3) is 17.2 Å². The number of halogens is 3. The predicted molar refractivity (Wildman–Crippen MR) is 137 cm³/mol. The highest BCUT2D eigenvalue weighted by Crippen LogP contribution is 2.39. The summed E-state index contributed by atoms with van der Waals surface area (Å²) in [5.41, 5.74) is 3.16. The third-order valence-corrected chi connectivity index (χ3v) is 7.13. The molecular formula is C31H33F3O. The van der Waals surface area contributed by atoms with Gasteiger partial charge in [0.05, 0.1) is 6.61 Å². The van der Waals surface area contributed by atoms with Crippen LogP contribution in [-0.2, 0) is 6.42 Å². The number of hydrogen-bond donors (Lipinski definition) is 0. The van der Waals surface area contributed by atoms with Crippen LogP contribution in [0.1, 0.15) is 68.6 Å². The van der Waals surface area contributed by atoms with E-state index in [1.165, 1.54) is 6.07 Å². The minimum Gasteiger partial charge on any atom is -0.494 e. The van der Waals surface area contributed by atoms with Crippen molar-refractivity contribution in [2.45, 2.75) is 58.3 Å². The van der Waals surface area contributed by atoms with Crippen LogP contribution in [0.5, 0.6) is 5.75 Å². The van der Waals surface area contributed by atoms with Crippen LogP contribution in [0.2, 0.25) is 0 Å². The first kappa shape index (κ1) is 25.1. The third kappa shape index (κ3) is 5.98. The second kappa shape index (κ2) is 11.6. The standard InChI is InChI=1S/C31H33F3O/c1-3-5-21-6-13-24(14-7-21)28-18-16-25(30(33)31(28)34)15-10-22-8-11-23(12-9-22)27-19-17-26(35-4-2)20-29(27)32/h3,5-7,13-14,16-20,22-23H,4,8-12,15H2,1-2H3/b5-3+. The maximum Gasteiger partial charge on any atom is 0.166 e. The molecule has 1 aliphatic carbocycles. The number of aryl methyl sites for hydroxylation is 1. The Bertz CT molecular complexity index is 1160. The van der Waals surface area contributed by atoms with Gasteiger partial charge in [0.1, 0.15) is 11.6 Å². The molecule has 3 aromatic rings. The molecule has 3 aromatic carbocycles. The molecule has 0 unspecified atom stereocenters. The summed E-state index contributed by atoms with van der Waals surface area (Å²) in [5.74, 6) is -0.518. The Hall–Kier alpha value is -3.01. The van der Waals surface area contributed by atoms with Crippen molar-refractivity contribution >= 4 is 6.08 Å². The molecule has 35 heavy (non-hydrogen) atoms. The topological polar surface area (TPSA) is 9.23 Å². The zero-order valence-corrected chi connectivity index (χ0v) is 20.5. The van der Waals surface area contributed by atoms with Gasteiger partial charge in [-0.25, -0.2) is 13.2 Å². The third-order valence-electron chi connectivity index (χ3n) is 7.13. The van der Waals surface area contributed by atoms with Gasteiger partial charge in [-0.2, -0.15) is 0 Å². The van der Waals surface area contributed by atoms with Crippen molar-refractivity contribution < 1.29 is 17.9 Å². The summed E-state index contributed by atoms with van der Waals surface area (Å²) in [6, 6.07) is 16.0. The lowest BCUT2D eigenvalue weighted by molar-refractivity contribution is 0.304. The Balaban J connectivity index is 1.34. The highest BCUT2D eigenvalue weighted by atomic mass is 19.2. The van der Waals surface area contributed by atoms with Crippen LogP contribution < -0.4 is 4.74 Å². The molecule has 1 nitrogen and oxygen atoms in total. The van der Waals surface area contributed by atoms with Crippen molar-refractivity contribution in [3.05, 3.63) is 94.8 Å². The van der Waals surface area contributed by atoms with E-state index in [9.17, 15) is 13.2 Å². The van der Waals surface area contributed by atoms with E-state index in [1.54, 1.807) is 12.1 Å². The largest absolute Gasteiger partial charge is 0.494 e. The summed E-state index contributed by atoms with van der Waals surface area (Å²) in [6.07, 6.45) is 8.99. The van der Waals surface area contributed by atoms with Gasteiger partial charge in [-0.3, -0.25) is 0 Å².